The first-order valence-electron chi connectivity index (χ1n) is 3.91. The number of carbonyl (C=O) groups excluding carboxylic acids is 1. The first kappa shape index (κ1) is 10.9. The summed E-state index contributed by atoms with van der Waals surface area (Å²) in [5, 5.41) is 10.4. The van der Waals surface area contributed by atoms with Crippen molar-refractivity contribution in [2.75, 3.05) is 7.11 Å². The van der Waals surface area contributed by atoms with Crippen LogP contribution >= 0.6 is 0 Å². The molecular weight excluding hydrogens is 204 g/mol. The molecule has 0 saturated heterocycles. The zero-order valence-corrected chi connectivity index (χ0v) is 8.09. The molecule has 0 fully saturated rings. The number of esters is 1. The number of aromatic nitrogens is 1. The molecule has 0 N–H and O–H groups in total. The third-order valence-corrected chi connectivity index (χ3v) is 1.47. The van der Waals surface area contributed by atoms with Crippen LogP contribution in [0.25, 0.3) is 0 Å². The zero-order valence-electron chi connectivity index (χ0n) is 8.09. The molecule has 15 heavy (non-hydrogen) atoms. The molecule has 0 unspecified atom stereocenters. The molecule has 0 saturated carbocycles. The molecule has 0 spiro atoms. The van der Waals surface area contributed by atoms with Gasteiger partial charge in [-0.2, -0.15) is 0 Å². The van der Waals surface area contributed by atoms with Crippen molar-refractivity contribution in [2.45, 2.75) is 6.92 Å². The molecule has 7 heteroatoms. The van der Waals surface area contributed by atoms with E-state index in [9.17, 15) is 14.9 Å². The van der Waals surface area contributed by atoms with Gasteiger partial charge in [-0.1, -0.05) is 0 Å². The molecule has 1 aromatic rings. The van der Waals surface area contributed by atoms with Gasteiger partial charge in [0, 0.05) is 6.92 Å². The Bertz CT molecular complexity index is 404. The number of nitrogens with zero attached hydrogens (tertiary/aromatic N) is 2. The molecular formula is C8H8N2O5. The average molecular weight is 212 g/mol. The molecule has 0 aromatic carbocycles. The lowest BCUT2D eigenvalue weighted by molar-refractivity contribution is -0.385. The number of hydrogen-bond donors (Lipinski definition) is 0. The highest BCUT2D eigenvalue weighted by atomic mass is 16.6. The zero-order chi connectivity index (χ0) is 11.4. The number of methoxy groups -OCH3 is 1. The Balaban J connectivity index is 3.08. The van der Waals surface area contributed by atoms with Crippen molar-refractivity contribution in [3.8, 4) is 11.6 Å². The van der Waals surface area contributed by atoms with Crippen molar-refractivity contribution in [3.05, 3.63) is 22.4 Å². The molecule has 0 atom stereocenters. The van der Waals surface area contributed by atoms with Gasteiger partial charge in [0.15, 0.2) is 5.75 Å². The highest BCUT2D eigenvalue weighted by molar-refractivity contribution is 5.69. The predicted octanol–water partition coefficient (Wildman–Crippen LogP) is 0.924. The van der Waals surface area contributed by atoms with Gasteiger partial charge < -0.3 is 9.47 Å². The highest BCUT2D eigenvalue weighted by Gasteiger charge is 2.14. The van der Waals surface area contributed by atoms with E-state index in [1.807, 2.05) is 0 Å². The van der Waals surface area contributed by atoms with Crippen LogP contribution in [0.3, 0.4) is 0 Å². The van der Waals surface area contributed by atoms with Crippen LogP contribution in [0.1, 0.15) is 6.92 Å². The van der Waals surface area contributed by atoms with E-state index in [1.165, 1.54) is 14.0 Å². The number of pyridine rings is 1. The Hall–Kier alpha value is -2.18. The molecule has 1 heterocycles. The summed E-state index contributed by atoms with van der Waals surface area (Å²) in [6.45, 7) is 1.20. The molecule has 0 radical (unpaired) electrons. The van der Waals surface area contributed by atoms with E-state index in [-0.39, 0.29) is 17.3 Å². The quantitative estimate of drug-likeness (QED) is 0.420. The third kappa shape index (κ3) is 2.63. The Kier molecular flexibility index (Phi) is 3.17. The second kappa shape index (κ2) is 4.36. The Morgan fingerprint density at radius 1 is 1.60 bits per heavy atom. The van der Waals surface area contributed by atoms with Gasteiger partial charge in [-0.15, -0.1) is 0 Å². The van der Waals surface area contributed by atoms with E-state index >= 15 is 0 Å². The van der Waals surface area contributed by atoms with E-state index in [2.05, 4.69) is 9.72 Å². The Labute approximate surface area is 84.8 Å². The van der Waals surface area contributed by atoms with Crippen molar-refractivity contribution in [2.24, 2.45) is 0 Å². The summed E-state index contributed by atoms with van der Waals surface area (Å²) in [6, 6.07) is 1.13. The lowest BCUT2D eigenvalue weighted by Crippen LogP contribution is -2.05. The van der Waals surface area contributed by atoms with Gasteiger partial charge >= 0.3 is 5.97 Å². The van der Waals surface area contributed by atoms with E-state index in [1.54, 1.807) is 0 Å². The minimum Gasteiger partial charge on any atom is -0.491 e. The van der Waals surface area contributed by atoms with Gasteiger partial charge in [0.25, 0.3) is 11.6 Å². The highest BCUT2D eigenvalue weighted by Crippen LogP contribution is 2.28. The summed E-state index contributed by atoms with van der Waals surface area (Å²) < 4.78 is 9.47. The largest absolute Gasteiger partial charge is 0.491 e. The fourth-order valence-electron chi connectivity index (χ4n) is 0.881. The van der Waals surface area contributed by atoms with Crippen LogP contribution in [0, 0.1) is 10.1 Å². The maximum atomic E-state index is 10.6. The Morgan fingerprint density at radius 2 is 2.27 bits per heavy atom. The maximum absolute atomic E-state index is 10.6. The standard InChI is InChI=1S/C8H8N2O5/c1-5(11)15-8-7(14-2)3-6(4-9-8)10(12)13/h3-4H,1-2H3. The van der Waals surface area contributed by atoms with Crippen molar-refractivity contribution in [1.82, 2.24) is 4.98 Å². The molecule has 1 rings (SSSR count). The van der Waals surface area contributed by atoms with E-state index in [0.717, 1.165) is 12.3 Å². The topological polar surface area (TPSA) is 91.6 Å². The second-order valence-electron chi connectivity index (χ2n) is 2.55. The van der Waals surface area contributed by atoms with Crippen LogP contribution in [-0.4, -0.2) is 23.0 Å². The lowest BCUT2D eigenvalue weighted by atomic mass is 10.4. The minimum atomic E-state index is -0.618. The van der Waals surface area contributed by atoms with Crippen molar-refractivity contribution in [1.29, 1.82) is 0 Å². The summed E-state index contributed by atoms with van der Waals surface area (Å²) in [6.07, 6.45) is 0.987. The maximum Gasteiger partial charge on any atom is 0.309 e. The molecule has 0 aliphatic heterocycles. The second-order valence-corrected chi connectivity index (χ2v) is 2.55. The van der Waals surface area contributed by atoms with Crippen molar-refractivity contribution < 1.29 is 19.2 Å². The van der Waals surface area contributed by atoms with Gasteiger partial charge in [-0.3, -0.25) is 14.9 Å². The third-order valence-electron chi connectivity index (χ3n) is 1.47. The molecule has 7 nitrogen and oxygen atoms in total. The first-order chi connectivity index (χ1) is 7.04. The fraction of sp³-hybridized carbons (Fsp3) is 0.250. The van der Waals surface area contributed by atoms with Crippen LogP contribution in [0.5, 0.6) is 11.6 Å². The molecule has 0 amide bonds. The van der Waals surface area contributed by atoms with E-state index < -0.39 is 10.9 Å². The van der Waals surface area contributed by atoms with Gasteiger partial charge in [0.05, 0.1) is 18.1 Å². The lowest BCUT2D eigenvalue weighted by Gasteiger charge is -2.05. The smallest absolute Gasteiger partial charge is 0.309 e. The van der Waals surface area contributed by atoms with Gasteiger partial charge in [0.1, 0.15) is 6.20 Å². The van der Waals surface area contributed by atoms with Crippen molar-refractivity contribution in [3.63, 3.8) is 0 Å². The van der Waals surface area contributed by atoms with E-state index in [0.29, 0.717) is 0 Å². The molecule has 1 aromatic heterocycles. The van der Waals surface area contributed by atoms with Crippen LogP contribution < -0.4 is 9.47 Å². The number of rotatable bonds is 3. The summed E-state index contributed by atoms with van der Waals surface area (Å²) >= 11 is 0. The van der Waals surface area contributed by atoms with Crippen LogP contribution in [0.2, 0.25) is 0 Å². The normalized spacial score (nSPS) is 9.47. The first-order valence-corrected chi connectivity index (χ1v) is 3.91. The van der Waals surface area contributed by atoms with Crippen LogP contribution in [0.4, 0.5) is 5.69 Å². The number of hydrogen-bond acceptors (Lipinski definition) is 6. The van der Waals surface area contributed by atoms with Crippen molar-refractivity contribution >= 4 is 11.7 Å². The minimum absolute atomic E-state index is 0.0411. The SMILES string of the molecule is COc1cc([N+](=O)[O-])cnc1OC(C)=O. The number of carbonyl (C=O) groups is 1. The van der Waals surface area contributed by atoms with Gasteiger partial charge in [-0.25, -0.2) is 4.98 Å². The number of ether oxygens (including phenoxy) is 2. The summed E-state index contributed by atoms with van der Waals surface area (Å²) in [5.74, 6) is -0.621. The average Bonchev–Trinajstić information content (AvgIpc) is 2.17. The molecule has 0 aliphatic carbocycles. The molecule has 80 valence electrons. The van der Waals surface area contributed by atoms with E-state index in [4.69, 9.17) is 4.74 Å². The molecule has 0 bridgehead atoms. The predicted molar refractivity (Wildman–Crippen MR) is 48.8 cm³/mol. The molecule has 0 aliphatic rings. The number of nitro groups is 1. The fourth-order valence-corrected chi connectivity index (χ4v) is 0.881. The Morgan fingerprint density at radius 3 is 2.73 bits per heavy atom. The summed E-state index contributed by atoms with van der Waals surface area (Å²) in [4.78, 5) is 24.0. The monoisotopic (exact) mass is 212 g/mol. The summed E-state index contributed by atoms with van der Waals surface area (Å²) in [7, 11) is 1.30. The van der Waals surface area contributed by atoms with Gasteiger partial charge in [-0.05, 0) is 0 Å². The van der Waals surface area contributed by atoms with Crippen LogP contribution in [-0.2, 0) is 4.79 Å². The van der Waals surface area contributed by atoms with Gasteiger partial charge in [0.2, 0.25) is 0 Å². The summed E-state index contributed by atoms with van der Waals surface area (Å²) in [5.41, 5.74) is -0.234. The van der Waals surface area contributed by atoms with Crippen LogP contribution in [0.15, 0.2) is 12.3 Å².